The molecule has 0 bridgehead atoms. The summed E-state index contributed by atoms with van der Waals surface area (Å²) < 4.78 is 0. The third-order valence-corrected chi connectivity index (χ3v) is 3.94. The van der Waals surface area contributed by atoms with Crippen LogP contribution in [0.15, 0.2) is 48.5 Å². The van der Waals surface area contributed by atoms with Crippen LogP contribution in [-0.2, 0) is 6.42 Å². The molecule has 0 radical (unpaired) electrons. The van der Waals surface area contributed by atoms with Crippen molar-refractivity contribution >= 4 is 11.6 Å². The number of hydrogen-bond donors (Lipinski definition) is 0. The van der Waals surface area contributed by atoms with Crippen LogP contribution < -0.4 is 0 Å². The number of halogens is 1. The fraction of sp³-hybridized carbons (Fsp3) is 0.333. The van der Waals surface area contributed by atoms with Crippen molar-refractivity contribution in [3.63, 3.8) is 0 Å². The highest BCUT2D eigenvalue weighted by atomic mass is 35.5. The summed E-state index contributed by atoms with van der Waals surface area (Å²) in [5.41, 5.74) is 4.01. The first-order valence-electron chi connectivity index (χ1n) is 6.91. The van der Waals surface area contributed by atoms with E-state index in [1.54, 1.807) is 0 Å². The van der Waals surface area contributed by atoms with Gasteiger partial charge in [0.15, 0.2) is 0 Å². The van der Waals surface area contributed by atoms with Gasteiger partial charge in [-0.1, -0.05) is 74.8 Å². The van der Waals surface area contributed by atoms with E-state index in [4.69, 9.17) is 11.6 Å². The minimum atomic E-state index is 0.472. The maximum atomic E-state index is 6.24. The molecule has 0 aliphatic carbocycles. The summed E-state index contributed by atoms with van der Waals surface area (Å²) >= 11 is 6.24. The van der Waals surface area contributed by atoms with E-state index >= 15 is 0 Å². The molecule has 0 heterocycles. The van der Waals surface area contributed by atoms with E-state index in [9.17, 15) is 0 Å². The Hall–Kier alpha value is -1.27. The normalized spacial score (nSPS) is 12.7. The second kappa shape index (κ2) is 6.25. The molecule has 0 fully saturated rings. The van der Waals surface area contributed by atoms with Crippen molar-refractivity contribution in [1.82, 2.24) is 0 Å². The van der Waals surface area contributed by atoms with Gasteiger partial charge in [0.1, 0.15) is 0 Å². The molecule has 100 valence electrons. The molecule has 0 saturated carbocycles. The molecule has 2 aromatic carbocycles. The van der Waals surface area contributed by atoms with E-state index in [0.29, 0.717) is 11.8 Å². The van der Waals surface area contributed by atoms with E-state index < -0.39 is 0 Å². The summed E-state index contributed by atoms with van der Waals surface area (Å²) in [5, 5.41) is 0.881. The molecule has 0 saturated heterocycles. The molecule has 0 nitrogen and oxygen atoms in total. The standard InChI is InChI=1S/C18H21Cl/c1-13(2)17-12-15(9-10-18(17)19)11-14(3)16-7-5-4-6-8-16/h4-10,12-14H,11H2,1-3H3. The molecule has 2 rings (SSSR count). The van der Waals surface area contributed by atoms with Gasteiger partial charge in [-0.05, 0) is 41.0 Å². The molecular formula is C18H21Cl. The molecule has 0 aliphatic heterocycles. The fourth-order valence-corrected chi connectivity index (χ4v) is 2.75. The van der Waals surface area contributed by atoms with Gasteiger partial charge in [0.25, 0.3) is 0 Å². The predicted octanol–water partition coefficient (Wildman–Crippen LogP) is 5.81. The molecule has 1 heteroatoms. The van der Waals surface area contributed by atoms with Crippen molar-refractivity contribution in [2.24, 2.45) is 0 Å². The van der Waals surface area contributed by atoms with E-state index in [1.807, 2.05) is 6.07 Å². The molecule has 0 N–H and O–H groups in total. The zero-order valence-electron chi connectivity index (χ0n) is 11.9. The lowest BCUT2D eigenvalue weighted by Gasteiger charge is -2.15. The van der Waals surface area contributed by atoms with Gasteiger partial charge in [0.2, 0.25) is 0 Å². The van der Waals surface area contributed by atoms with Gasteiger partial charge < -0.3 is 0 Å². The van der Waals surface area contributed by atoms with Crippen LogP contribution in [0, 0.1) is 0 Å². The monoisotopic (exact) mass is 272 g/mol. The van der Waals surface area contributed by atoms with E-state index in [1.165, 1.54) is 16.7 Å². The zero-order valence-corrected chi connectivity index (χ0v) is 12.6. The molecule has 0 amide bonds. The number of benzene rings is 2. The molecular weight excluding hydrogens is 252 g/mol. The molecule has 0 aliphatic rings. The lowest BCUT2D eigenvalue weighted by molar-refractivity contribution is 0.755. The Balaban J connectivity index is 2.18. The van der Waals surface area contributed by atoms with E-state index in [2.05, 4.69) is 63.2 Å². The highest BCUT2D eigenvalue weighted by Gasteiger charge is 2.10. The van der Waals surface area contributed by atoms with Crippen LogP contribution >= 0.6 is 11.6 Å². The average molecular weight is 273 g/mol. The van der Waals surface area contributed by atoms with Gasteiger partial charge in [-0.2, -0.15) is 0 Å². The Morgan fingerprint density at radius 2 is 1.63 bits per heavy atom. The van der Waals surface area contributed by atoms with Gasteiger partial charge >= 0.3 is 0 Å². The Morgan fingerprint density at radius 1 is 0.947 bits per heavy atom. The van der Waals surface area contributed by atoms with Crippen molar-refractivity contribution in [3.05, 3.63) is 70.2 Å². The molecule has 1 unspecified atom stereocenters. The van der Waals surface area contributed by atoms with Gasteiger partial charge in [0, 0.05) is 5.02 Å². The summed E-state index contributed by atoms with van der Waals surface area (Å²) in [5.74, 6) is 1.00. The molecule has 19 heavy (non-hydrogen) atoms. The largest absolute Gasteiger partial charge is 0.0840 e. The lowest BCUT2D eigenvalue weighted by Crippen LogP contribution is -2.00. The Kier molecular flexibility index (Phi) is 4.66. The zero-order chi connectivity index (χ0) is 13.8. The summed E-state index contributed by atoms with van der Waals surface area (Å²) in [6.07, 6.45) is 1.06. The Morgan fingerprint density at radius 3 is 2.26 bits per heavy atom. The van der Waals surface area contributed by atoms with Crippen LogP contribution in [0.25, 0.3) is 0 Å². The minimum Gasteiger partial charge on any atom is -0.0840 e. The first-order valence-corrected chi connectivity index (χ1v) is 7.29. The van der Waals surface area contributed by atoms with Crippen molar-refractivity contribution in [3.8, 4) is 0 Å². The highest BCUT2D eigenvalue weighted by molar-refractivity contribution is 6.31. The minimum absolute atomic E-state index is 0.472. The van der Waals surface area contributed by atoms with Crippen LogP contribution in [0.1, 0.15) is 49.3 Å². The highest BCUT2D eigenvalue weighted by Crippen LogP contribution is 2.27. The van der Waals surface area contributed by atoms with E-state index in [-0.39, 0.29) is 0 Å². The summed E-state index contributed by atoms with van der Waals surface area (Å²) in [4.78, 5) is 0. The number of rotatable bonds is 4. The molecule has 2 aromatic rings. The number of hydrogen-bond acceptors (Lipinski definition) is 0. The van der Waals surface area contributed by atoms with E-state index in [0.717, 1.165) is 11.4 Å². The summed E-state index contributed by atoms with van der Waals surface area (Å²) in [6, 6.07) is 17.1. The average Bonchev–Trinajstić information content (AvgIpc) is 2.41. The maximum Gasteiger partial charge on any atom is 0.0440 e. The lowest BCUT2D eigenvalue weighted by atomic mass is 9.91. The Labute approximate surface area is 121 Å². The van der Waals surface area contributed by atoms with Crippen LogP contribution in [0.3, 0.4) is 0 Å². The first-order chi connectivity index (χ1) is 9.08. The van der Waals surface area contributed by atoms with Crippen molar-refractivity contribution in [2.75, 3.05) is 0 Å². The van der Waals surface area contributed by atoms with Gasteiger partial charge in [0.05, 0.1) is 0 Å². The van der Waals surface area contributed by atoms with Gasteiger partial charge in [-0.3, -0.25) is 0 Å². The molecule has 0 aromatic heterocycles. The van der Waals surface area contributed by atoms with Crippen LogP contribution in [-0.4, -0.2) is 0 Å². The van der Waals surface area contributed by atoms with Crippen molar-refractivity contribution in [1.29, 1.82) is 0 Å². The van der Waals surface area contributed by atoms with Crippen LogP contribution in [0.2, 0.25) is 5.02 Å². The summed E-state index contributed by atoms with van der Waals surface area (Å²) in [7, 11) is 0. The fourth-order valence-electron chi connectivity index (χ4n) is 2.42. The van der Waals surface area contributed by atoms with Crippen molar-refractivity contribution in [2.45, 2.75) is 39.0 Å². The third kappa shape index (κ3) is 3.61. The predicted molar refractivity (Wildman–Crippen MR) is 84.1 cm³/mol. The Bertz CT molecular complexity index is 529. The molecule has 1 atom stereocenters. The quantitative estimate of drug-likeness (QED) is 0.659. The topological polar surface area (TPSA) is 0 Å². The second-order valence-corrected chi connectivity index (χ2v) is 5.93. The smallest absolute Gasteiger partial charge is 0.0440 e. The second-order valence-electron chi connectivity index (χ2n) is 5.53. The van der Waals surface area contributed by atoms with Crippen LogP contribution in [0.4, 0.5) is 0 Å². The van der Waals surface area contributed by atoms with Crippen LogP contribution in [0.5, 0.6) is 0 Å². The first kappa shape index (κ1) is 14.1. The van der Waals surface area contributed by atoms with Gasteiger partial charge in [-0.15, -0.1) is 0 Å². The van der Waals surface area contributed by atoms with Crippen molar-refractivity contribution < 1.29 is 0 Å². The summed E-state index contributed by atoms with van der Waals surface area (Å²) in [6.45, 7) is 6.65. The maximum absolute atomic E-state index is 6.24. The molecule has 0 spiro atoms. The third-order valence-electron chi connectivity index (χ3n) is 3.59. The van der Waals surface area contributed by atoms with Gasteiger partial charge in [-0.25, -0.2) is 0 Å². The SMILES string of the molecule is CC(C)c1cc(CC(C)c2ccccc2)ccc1Cl.